The van der Waals surface area contributed by atoms with Crippen LogP contribution in [-0.2, 0) is 18.3 Å². The van der Waals surface area contributed by atoms with Crippen molar-refractivity contribution in [2.75, 3.05) is 18.8 Å². The summed E-state index contributed by atoms with van der Waals surface area (Å²) in [5, 5.41) is 0.598. The van der Waals surface area contributed by atoms with E-state index in [1.807, 2.05) is 36.1 Å². The molecule has 1 aliphatic heterocycles. The second-order valence-corrected chi connectivity index (χ2v) is 9.34. The Hall–Kier alpha value is -1.60. The fraction of sp³-hybridized carbons (Fsp3) is 0.476. The zero-order valence-electron chi connectivity index (χ0n) is 16.6. The van der Waals surface area contributed by atoms with Crippen LogP contribution in [-0.4, -0.2) is 39.2 Å². The van der Waals surface area contributed by atoms with Gasteiger partial charge in [-0.05, 0) is 43.4 Å². The van der Waals surface area contributed by atoms with Crippen molar-refractivity contribution in [3.05, 3.63) is 55.9 Å². The van der Waals surface area contributed by atoms with Gasteiger partial charge in [0.2, 0.25) is 5.91 Å². The van der Waals surface area contributed by atoms with Crippen molar-refractivity contribution in [3.8, 4) is 0 Å². The van der Waals surface area contributed by atoms with E-state index in [2.05, 4.69) is 27.8 Å². The first kappa shape index (κ1) is 21.1. The summed E-state index contributed by atoms with van der Waals surface area (Å²) in [6, 6.07) is 7.95. The highest BCUT2D eigenvalue weighted by Crippen LogP contribution is 2.20. The molecule has 2 heterocycles. The molecule has 28 heavy (non-hydrogen) atoms. The Bertz CT molecular complexity index is 903. The molecule has 1 amide bonds. The monoisotopic (exact) mass is 463 g/mol. The molecular weight excluding hydrogens is 438 g/mol. The second-order valence-electron chi connectivity index (χ2n) is 7.48. The molecule has 1 aliphatic rings. The van der Waals surface area contributed by atoms with E-state index in [1.165, 1.54) is 11.8 Å². The molecule has 1 saturated heterocycles. The minimum Gasteiger partial charge on any atom is -0.342 e. The molecule has 2 aromatic rings. The number of aromatic nitrogens is 2. The lowest BCUT2D eigenvalue weighted by Gasteiger charge is -2.30. The van der Waals surface area contributed by atoms with Crippen LogP contribution < -0.4 is 5.56 Å². The van der Waals surface area contributed by atoms with Gasteiger partial charge in [0.05, 0.1) is 5.75 Å². The number of rotatable bonds is 5. The molecule has 0 unspecified atom stereocenters. The third-order valence-electron chi connectivity index (χ3n) is 5.31. The van der Waals surface area contributed by atoms with Crippen LogP contribution in [0, 0.1) is 12.8 Å². The molecule has 0 atom stereocenters. The molecule has 3 rings (SSSR count). The second kappa shape index (κ2) is 9.27. The van der Waals surface area contributed by atoms with Crippen molar-refractivity contribution in [1.82, 2.24) is 14.5 Å². The maximum atomic E-state index is 12.9. The topological polar surface area (TPSA) is 55.2 Å². The molecule has 7 heteroatoms. The van der Waals surface area contributed by atoms with Crippen LogP contribution in [0.15, 0.2) is 38.7 Å². The molecule has 1 fully saturated rings. The van der Waals surface area contributed by atoms with Crippen LogP contribution in [0.5, 0.6) is 0 Å². The first-order chi connectivity index (χ1) is 13.3. The minimum atomic E-state index is -0.0443. The molecule has 1 aromatic carbocycles. The number of amides is 1. The molecule has 0 bridgehead atoms. The number of thioether (sulfide) groups is 1. The van der Waals surface area contributed by atoms with Crippen LogP contribution in [0.1, 0.15) is 36.6 Å². The third-order valence-corrected chi connectivity index (χ3v) is 6.85. The van der Waals surface area contributed by atoms with Gasteiger partial charge in [-0.1, -0.05) is 46.7 Å². The van der Waals surface area contributed by atoms with Crippen molar-refractivity contribution in [2.24, 2.45) is 13.0 Å². The normalized spacial score (nSPS) is 15.1. The van der Waals surface area contributed by atoms with Crippen LogP contribution in [0.3, 0.4) is 0 Å². The van der Waals surface area contributed by atoms with Crippen LogP contribution in [0.4, 0.5) is 0 Å². The maximum Gasteiger partial charge on any atom is 0.257 e. The van der Waals surface area contributed by atoms with Gasteiger partial charge in [-0.25, -0.2) is 4.98 Å². The van der Waals surface area contributed by atoms with Gasteiger partial charge in [-0.2, -0.15) is 0 Å². The fourth-order valence-electron chi connectivity index (χ4n) is 3.34. The Morgan fingerprint density at radius 1 is 1.25 bits per heavy atom. The van der Waals surface area contributed by atoms with Gasteiger partial charge in [-0.3, -0.25) is 14.2 Å². The standard InChI is InChI=1S/C21H26BrN3O2S/c1-14-8-10-25(11-9-14)19(26)13-28-21-23-15(2)18(20(27)24(21)3)12-16-4-6-17(22)7-5-16/h4-7,14H,8-13H2,1-3H3. The Kier molecular flexibility index (Phi) is 6.99. The number of likely N-dealkylation sites (tertiary alicyclic amines) is 1. The smallest absolute Gasteiger partial charge is 0.257 e. The van der Waals surface area contributed by atoms with Gasteiger partial charge in [0.15, 0.2) is 5.16 Å². The zero-order valence-corrected chi connectivity index (χ0v) is 19.0. The van der Waals surface area contributed by atoms with Gasteiger partial charge < -0.3 is 4.90 Å². The van der Waals surface area contributed by atoms with Crippen molar-refractivity contribution in [1.29, 1.82) is 0 Å². The highest BCUT2D eigenvalue weighted by Gasteiger charge is 2.21. The number of nitrogens with zero attached hydrogens (tertiary/aromatic N) is 3. The van der Waals surface area contributed by atoms with Crippen LogP contribution in [0.2, 0.25) is 0 Å². The van der Waals surface area contributed by atoms with Crippen LogP contribution >= 0.6 is 27.7 Å². The molecule has 0 saturated carbocycles. The van der Waals surface area contributed by atoms with E-state index in [4.69, 9.17) is 0 Å². The first-order valence-electron chi connectivity index (χ1n) is 9.56. The van der Waals surface area contributed by atoms with E-state index in [0.717, 1.165) is 41.7 Å². The van der Waals surface area contributed by atoms with E-state index >= 15 is 0 Å². The number of carbonyl (C=O) groups is 1. The lowest BCUT2D eigenvalue weighted by Crippen LogP contribution is -2.39. The highest BCUT2D eigenvalue weighted by molar-refractivity contribution is 9.10. The molecule has 1 aromatic heterocycles. The molecule has 0 radical (unpaired) electrons. The van der Waals surface area contributed by atoms with Crippen molar-refractivity contribution in [3.63, 3.8) is 0 Å². The zero-order chi connectivity index (χ0) is 20.3. The SMILES string of the molecule is Cc1nc(SCC(=O)N2CCC(C)CC2)n(C)c(=O)c1Cc1ccc(Br)cc1. The Balaban J connectivity index is 1.70. The van der Waals surface area contributed by atoms with Crippen LogP contribution in [0.25, 0.3) is 0 Å². The predicted octanol–water partition coefficient (Wildman–Crippen LogP) is 3.79. The predicted molar refractivity (Wildman–Crippen MR) is 117 cm³/mol. The van der Waals surface area contributed by atoms with Gasteiger partial charge in [0.1, 0.15) is 0 Å². The number of aryl methyl sites for hydroxylation is 1. The number of piperidine rings is 1. The van der Waals surface area contributed by atoms with Gasteiger partial charge in [0.25, 0.3) is 5.56 Å². The first-order valence-corrected chi connectivity index (χ1v) is 11.3. The van der Waals surface area contributed by atoms with E-state index in [-0.39, 0.29) is 11.5 Å². The summed E-state index contributed by atoms with van der Waals surface area (Å²) in [5.74, 6) is 1.14. The summed E-state index contributed by atoms with van der Waals surface area (Å²) >= 11 is 4.78. The van der Waals surface area contributed by atoms with E-state index in [1.54, 1.807) is 11.6 Å². The van der Waals surface area contributed by atoms with E-state index < -0.39 is 0 Å². The summed E-state index contributed by atoms with van der Waals surface area (Å²) in [7, 11) is 1.73. The quantitative estimate of drug-likeness (QED) is 0.499. The molecule has 0 spiro atoms. The number of benzene rings is 1. The number of carbonyl (C=O) groups excluding carboxylic acids is 1. The van der Waals surface area contributed by atoms with Gasteiger partial charge >= 0.3 is 0 Å². The average molecular weight is 464 g/mol. The van der Waals surface area contributed by atoms with E-state index in [9.17, 15) is 9.59 Å². The lowest BCUT2D eigenvalue weighted by atomic mass is 9.99. The van der Waals surface area contributed by atoms with E-state index in [0.29, 0.717) is 28.8 Å². The summed E-state index contributed by atoms with van der Waals surface area (Å²) < 4.78 is 2.58. The Morgan fingerprint density at radius 2 is 1.89 bits per heavy atom. The lowest BCUT2D eigenvalue weighted by molar-refractivity contribution is -0.129. The molecule has 0 aliphatic carbocycles. The number of hydrogen-bond donors (Lipinski definition) is 0. The van der Waals surface area contributed by atoms with Gasteiger partial charge in [0, 0.05) is 42.3 Å². The van der Waals surface area contributed by atoms with Crippen molar-refractivity contribution in [2.45, 2.75) is 38.3 Å². The number of halogens is 1. The highest BCUT2D eigenvalue weighted by atomic mass is 79.9. The molecule has 150 valence electrons. The summed E-state index contributed by atoms with van der Waals surface area (Å²) in [6.45, 7) is 5.76. The Morgan fingerprint density at radius 3 is 2.54 bits per heavy atom. The number of hydrogen-bond acceptors (Lipinski definition) is 4. The molecular formula is C21H26BrN3O2S. The largest absolute Gasteiger partial charge is 0.342 e. The van der Waals surface area contributed by atoms with Crippen molar-refractivity contribution < 1.29 is 4.79 Å². The van der Waals surface area contributed by atoms with Gasteiger partial charge in [-0.15, -0.1) is 0 Å². The van der Waals surface area contributed by atoms with Crippen molar-refractivity contribution >= 4 is 33.6 Å². The fourth-order valence-corrected chi connectivity index (χ4v) is 4.52. The molecule has 0 N–H and O–H groups in total. The average Bonchev–Trinajstić information content (AvgIpc) is 2.68. The summed E-state index contributed by atoms with van der Waals surface area (Å²) in [4.78, 5) is 31.9. The maximum absolute atomic E-state index is 12.9. The summed E-state index contributed by atoms with van der Waals surface area (Å²) in [5.41, 5.74) is 2.45. The molecule has 5 nitrogen and oxygen atoms in total. The minimum absolute atomic E-state index is 0.0443. The third kappa shape index (κ3) is 5.06. The Labute approximate surface area is 178 Å². The summed E-state index contributed by atoms with van der Waals surface area (Å²) in [6.07, 6.45) is 2.68.